The quantitative estimate of drug-likeness (QED) is 0.889. The molecule has 0 unspecified atom stereocenters. The summed E-state index contributed by atoms with van der Waals surface area (Å²) in [5.41, 5.74) is 0.222. The predicted molar refractivity (Wildman–Crippen MR) is 74.0 cm³/mol. The summed E-state index contributed by atoms with van der Waals surface area (Å²) in [5.74, 6) is -1.99. The van der Waals surface area contributed by atoms with Crippen molar-refractivity contribution in [3.05, 3.63) is 29.8 Å². The first kappa shape index (κ1) is 17.1. The van der Waals surface area contributed by atoms with Gasteiger partial charge in [0.2, 0.25) is 0 Å². The molecule has 5 nitrogen and oxygen atoms in total. The minimum Gasteiger partial charge on any atom is -0.481 e. The third kappa shape index (κ3) is 5.15. The third-order valence-electron chi connectivity index (χ3n) is 3.76. The van der Waals surface area contributed by atoms with Crippen LogP contribution in [0.1, 0.15) is 36.0 Å². The Morgan fingerprint density at radius 1 is 1.09 bits per heavy atom. The second-order valence-electron chi connectivity index (χ2n) is 5.43. The molecule has 1 aromatic carbocycles. The number of hydrogen-bond acceptors (Lipinski definition) is 3. The Bertz CT molecular complexity index is 563. The maximum absolute atomic E-state index is 12.1. The molecule has 1 amide bonds. The molecular weight excluding hydrogens is 315 g/mol. The van der Waals surface area contributed by atoms with Gasteiger partial charge in [-0.15, -0.1) is 13.2 Å². The molecule has 0 aromatic heterocycles. The molecule has 2 N–H and O–H groups in total. The van der Waals surface area contributed by atoms with Crippen molar-refractivity contribution in [1.29, 1.82) is 0 Å². The number of carbonyl (C=O) groups excluding carboxylic acids is 1. The van der Waals surface area contributed by atoms with Crippen molar-refractivity contribution in [1.82, 2.24) is 5.32 Å². The van der Waals surface area contributed by atoms with Crippen LogP contribution in [0.3, 0.4) is 0 Å². The highest BCUT2D eigenvalue weighted by molar-refractivity contribution is 5.94. The molecule has 0 heterocycles. The summed E-state index contributed by atoms with van der Waals surface area (Å²) in [6.07, 6.45) is -2.64. The van der Waals surface area contributed by atoms with Crippen molar-refractivity contribution in [3.8, 4) is 5.75 Å². The summed E-state index contributed by atoms with van der Waals surface area (Å²) in [6.45, 7) is 0. The van der Waals surface area contributed by atoms with Crippen LogP contribution in [-0.2, 0) is 4.79 Å². The molecule has 23 heavy (non-hydrogen) atoms. The van der Waals surface area contributed by atoms with Gasteiger partial charge in [0, 0.05) is 11.6 Å². The molecule has 0 saturated heterocycles. The zero-order valence-electron chi connectivity index (χ0n) is 12.1. The molecule has 0 spiro atoms. The second kappa shape index (κ2) is 6.89. The summed E-state index contributed by atoms with van der Waals surface area (Å²) >= 11 is 0. The van der Waals surface area contributed by atoms with Crippen LogP contribution >= 0.6 is 0 Å². The zero-order valence-corrected chi connectivity index (χ0v) is 12.1. The lowest BCUT2D eigenvalue weighted by molar-refractivity contribution is -0.274. The molecule has 0 bridgehead atoms. The van der Waals surface area contributed by atoms with Gasteiger partial charge in [0.15, 0.2) is 0 Å². The van der Waals surface area contributed by atoms with Crippen LogP contribution in [0.5, 0.6) is 5.75 Å². The minimum atomic E-state index is -4.77. The lowest BCUT2D eigenvalue weighted by Gasteiger charge is -2.26. The van der Waals surface area contributed by atoms with Crippen LogP contribution < -0.4 is 10.1 Å². The molecule has 1 aliphatic rings. The second-order valence-corrected chi connectivity index (χ2v) is 5.43. The molecule has 1 saturated carbocycles. The van der Waals surface area contributed by atoms with E-state index in [1.165, 1.54) is 12.1 Å². The molecule has 1 aromatic rings. The SMILES string of the molecule is O=C(NC1CCC(C(=O)O)CC1)c1ccc(OC(F)(F)F)cc1. The maximum atomic E-state index is 12.1. The van der Waals surface area contributed by atoms with Gasteiger partial charge < -0.3 is 15.2 Å². The fraction of sp³-hybridized carbons (Fsp3) is 0.467. The largest absolute Gasteiger partial charge is 0.573 e. The van der Waals surface area contributed by atoms with Gasteiger partial charge in [-0.1, -0.05) is 0 Å². The van der Waals surface area contributed by atoms with Gasteiger partial charge in [-0.25, -0.2) is 0 Å². The normalized spacial score (nSPS) is 21.5. The van der Waals surface area contributed by atoms with E-state index in [1.54, 1.807) is 0 Å². The monoisotopic (exact) mass is 331 g/mol. The van der Waals surface area contributed by atoms with Gasteiger partial charge in [-0.3, -0.25) is 9.59 Å². The van der Waals surface area contributed by atoms with Crippen molar-refractivity contribution in [2.24, 2.45) is 5.92 Å². The number of rotatable bonds is 4. The van der Waals surface area contributed by atoms with Crippen molar-refractivity contribution >= 4 is 11.9 Å². The Morgan fingerprint density at radius 2 is 1.65 bits per heavy atom. The lowest BCUT2D eigenvalue weighted by atomic mass is 9.86. The number of carboxylic acid groups (broad SMARTS) is 1. The molecule has 0 atom stereocenters. The first-order valence-corrected chi connectivity index (χ1v) is 7.14. The highest BCUT2D eigenvalue weighted by Crippen LogP contribution is 2.25. The number of nitrogens with one attached hydrogen (secondary N) is 1. The molecule has 0 aliphatic heterocycles. The number of carboxylic acids is 1. The van der Waals surface area contributed by atoms with Gasteiger partial charge in [0.05, 0.1) is 5.92 Å². The van der Waals surface area contributed by atoms with Gasteiger partial charge in [-0.2, -0.15) is 0 Å². The maximum Gasteiger partial charge on any atom is 0.573 e. The van der Waals surface area contributed by atoms with Crippen LogP contribution in [0.4, 0.5) is 13.2 Å². The lowest BCUT2D eigenvalue weighted by Crippen LogP contribution is -2.38. The number of carbonyl (C=O) groups is 2. The Hall–Kier alpha value is -2.25. The van der Waals surface area contributed by atoms with E-state index in [0.29, 0.717) is 25.7 Å². The van der Waals surface area contributed by atoms with E-state index in [9.17, 15) is 22.8 Å². The summed E-state index contributed by atoms with van der Waals surface area (Å²) in [7, 11) is 0. The standard InChI is InChI=1S/C15H16F3NO4/c16-15(17,18)23-12-7-3-9(4-8-12)13(20)19-11-5-1-10(2-6-11)14(21)22/h3-4,7-8,10-11H,1-2,5-6H2,(H,19,20)(H,21,22). The van der Waals surface area contributed by atoms with Crippen LogP contribution in [0, 0.1) is 5.92 Å². The minimum absolute atomic E-state index is 0.121. The summed E-state index contributed by atoms with van der Waals surface area (Å²) in [6, 6.07) is 4.52. The number of amides is 1. The first-order valence-electron chi connectivity index (χ1n) is 7.14. The Morgan fingerprint density at radius 3 is 2.13 bits per heavy atom. The van der Waals surface area contributed by atoms with E-state index >= 15 is 0 Å². The van der Waals surface area contributed by atoms with Gasteiger partial charge in [0.25, 0.3) is 5.91 Å². The summed E-state index contributed by atoms with van der Waals surface area (Å²) < 4.78 is 39.9. The molecule has 1 aliphatic carbocycles. The van der Waals surface area contributed by atoms with Gasteiger partial charge >= 0.3 is 12.3 Å². The third-order valence-corrected chi connectivity index (χ3v) is 3.76. The van der Waals surface area contributed by atoms with Crippen molar-refractivity contribution in [2.45, 2.75) is 38.1 Å². The van der Waals surface area contributed by atoms with Crippen molar-refractivity contribution in [2.75, 3.05) is 0 Å². The average molecular weight is 331 g/mol. The molecule has 126 valence electrons. The molecule has 1 fully saturated rings. The average Bonchev–Trinajstić information content (AvgIpc) is 2.46. The molecule has 8 heteroatoms. The smallest absolute Gasteiger partial charge is 0.481 e. The first-order chi connectivity index (χ1) is 10.7. The Balaban J connectivity index is 1.88. The fourth-order valence-corrected chi connectivity index (χ4v) is 2.56. The van der Waals surface area contributed by atoms with E-state index in [1.807, 2.05) is 0 Å². The van der Waals surface area contributed by atoms with E-state index in [4.69, 9.17) is 5.11 Å². The van der Waals surface area contributed by atoms with E-state index < -0.39 is 24.0 Å². The number of aliphatic carboxylic acids is 1. The molecular formula is C15H16F3NO4. The highest BCUT2D eigenvalue weighted by atomic mass is 19.4. The van der Waals surface area contributed by atoms with E-state index in [2.05, 4.69) is 10.1 Å². The number of halogens is 3. The summed E-state index contributed by atoms with van der Waals surface area (Å²) in [4.78, 5) is 22.9. The van der Waals surface area contributed by atoms with Gasteiger partial charge in [0.1, 0.15) is 5.75 Å². The topological polar surface area (TPSA) is 75.6 Å². The fourth-order valence-electron chi connectivity index (χ4n) is 2.56. The van der Waals surface area contributed by atoms with Gasteiger partial charge in [-0.05, 0) is 49.9 Å². The van der Waals surface area contributed by atoms with Crippen LogP contribution in [0.25, 0.3) is 0 Å². The van der Waals surface area contributed by atoms with Crippen molar-refractivity contribution in [3.63, 3.8) is 0 Å². The molecule has 0 radical (unpaired) electrons. The van der Waals surface area contributed by atoms with Crippen LogP contribution in [0.2, 0.25) is 0 Å². The number of benzene rings is 1. The van der Waals surface area contributed by atoms with Crippen LogP contribution in [0.15, 0.2) is 24.3 Å². The Labute approximate surface area is 130 Å². The summed E-state index contributed by atoms with van der Waals surface area (Å²) in [5, 5.41) is 11.7. The molecule has 2 rings (SSSR count). The Kier molecular flexibility index (Phi) is 5.12. The highest BCUT2D eigenvalue weighted by Gasteiger charge is 2.31. The predicted octanol–water partition coefficient (Wildman–Crippen LogP) is 2.96. The number of alkyl halides is 3. The zero-order chi connectivity index (χ0) is 17.0. The number of hydrogen-bond donors (Lipinski definition) is 2. The van der Waals surface area contributed by atoms with Crippen LogP contribution in [-0.4, -0.2) is 29.4 Å². The van der Waals surface area contributed by atoms with E-state index in [-0.39, 0.29) is 17.5 Å². The van der Waals surface area contributed by atoms with E-state index in [0.717, 1.165) is 12.1 Å². The van der Waals surface area contributed by atoms with Crippen molar-refractivity contribution < 1.29 is 32.6 Å². The number of ether oxygens (including phenoxy) is 1.